The van der Waals surface area contributed by atoms with Gasteiger partial charge in [0.25, 0.3) is 0 Å². The fourth-order valence-electron chi connectivity index (χ4n) is 2.64. The standard InChI is InChI=1S/C14H22N2O/c1-16(12-6-3-5-11(15)9-12)13-7-4-8-14(10-13)17-2/h3,5-6,9,13-14H,4,7-8,10,15H2,1-2H3. The van der Waals surface area contributed by atoms with Crippen molar-refractivity contribution in [3.8, 4) is 0 Å². The number of hydrogen-bond donors (Lipinski definition) is 1. The van der Waals surface area contributed by atoms with Gasteiger partial charge in [-0.05, 0) is 43.9 Å². The molecular formula is C14H22N2O. The molecule has 2 atom stereocenters. The Labute approximate surface area is 104 Å². The number of nitrogens with zero attached hydrogens (tertiary/aromatic N) is 1. The highest BCUT2D eigenvalue weighted by Crippen LogP contribution is 2.28. The Morgan fingerprint density at radius 3 is 2.88 bits per heavy atom. The average molecular weight is 234 g/mol. The van der Waals surface area contributed by atoms with Gasteiger partial charge in [-0.2, -0.15) is 0 Å². The van der Waals surface area contributed by atoms with Crippen LogP contribution in [0.15, 0.2) is 24.3 Å². The zero-order chi connectivity index (χ0) is 12.3. The molecule has 0 heterocycles. The van der Waals surface area contributed by atoms with Gasteiger partial charge in [0.2, 0.25) is 0 Å². The van der Waals surface area contributed by atoms with Crippen LogP contribution in [0, 0.1) is 0 Å². The van der Waals surface area contributed by atoms with Gasteiger partial charge in [0.1, 0.15) is 0 Å². The van der Waals surface area contributed by atoms with E-state index in [4.69, 9.17) is 10.5 Å². The van der Waals surface area contributed by atoms with Gasteiger partial charge < -0.3 is 15.4 Å². The van der Waals surface area contributed by atoms with Crippen LogP contribution in [0.4, 0.5) is 11.4 Å². The van der Waals surface area contributed by atoms with Crippen molar-refractivity contribution in [2.24, 2.45) is 0 Å². The monoisotopic (exact) mass is 234 g/mol. The van der Waals surface area contributed by atoms with Crippen LogP contribution in [0.2, 0.25) is 0 Å². The summed E-state index contributed by atoms with van der Waals surface area (Å²) in [6, 6.07) is 8.66. The molecule has 2 N–H and O–H groups in total. The second-order valence-corrected chi connectivity index (χ2v) is 4.88. The number of ether oxygens (including phenoxy) is 1. The summed E-state index contributed by atoms with van der Waals surface area (Å²) in [5.41, 5.74) is 7.86. The minimum Gasteiger partial charge on any atom is -0.399 e. The van der Waals surface area contributed by atoms with Crippen molar-refractivity contribution < 1.29 is 4.74 Å². The van der Waals surface area contributed by atoms with E-state index in [0.29, 0.717) is 12.1 Å². The van der Waals surface area contributed by atoms with Crippen molar-refractivity contribution in [2.45, 2.75) is 37.8 Å². The number of hydrogen-bond acceptors (Lipinski definition) is 3. The van der Waals surface area contributed by atoms with Crippen molar-refractivity contribution in [3.05, 3.63) is 24.3 Å². The zero-order valence-corrected chi connectivity index (χ0v) is 10.7. The van der Waals surface area contributed by atoms with Gasteiger partial charge in [-0.3, -0.25) is 0 Å². The lowest BCUT2D eigenvalue weighted by molar-refractivity contribution is 0.0637. The molecule has 1 fully saturated rings. The topological polar surface area (TPSA) is 38.5 Å². The summed E-state index contributed by atoms with van der Waals surface area (Å²) in [5.74, 6) is 0. The Bertz CT molecular complexity index is 367. The number of nitrogens with two attached hydrogens (primary N) is 1. The lowest BCUT2D eigenvalue weighted by Crippen LogP contribution is -2.38. The van der Waals surface area contributed by atoms with Crippen LogP contribution in [-0.4, -0.2) is 26.3 Å². The van der Waals surface area contributed by atoms with E-state index < -0.39 is 0 Å². The predicted octanol–water partition coefficient (Wildman–Crippen LogP) is 2.66. The second-order valence-electron chi connectivity index (χ2n) is 4.88. The molecule has 3 nitrogen and oxygen atoms in total. The van der Waals surface area contributed by atoms with Gasteiger partial charge in [0.05, 0.1) is 6.10 Å². The highest BCUT2D eigenvalue weighted by molar-refractivity contribution is 5.56. The number of benzene rings is 1. The molecule has 0 radical (unpaired) electrons. The molecule has 0 spiro atoms. The molecule has 0 amide bonds. The number of methoxy groups -OCH3 is 1. The van der Waals surface area contributed by atoms with Crippen LogP contribution in [0.25, 0.3) is 0 Å². The molecule has 94 valence electrons. The van der Waals surface area contributed by atoms with Crippen LogP contribution in [0.1, 0.15) is 25.7 Å². The van der Waals surface area contributed by atoms with Crippen LogP contribution in [-0.2, 0) is 4.74 Å². The summed E-state index contributed by atoms with van der Waals surface area (Å²) >= 11 is 0. The number of rotatable bonds is 3. The lowest BCUT2D eigenvalue weighted by atomic mass is 9.91. The Hall–Kier alpha value is -1.22. The lowest BCUT2D eigenvalue weighted by Gasteiger charge is -2.36. The summed E-state index contributed by atoms with van der Waals surface area (Å²) < 4.78 is 5.48. The third-order valence-electron chi connectivity index (χ3n) is 3.76. The van der Waals surface area contributed by atoms with Crippen LogP contribution in [0.5, 0.6) is 0 Å². The highest BCUT2D eigenvalue weighted by atomic mass is 16.5. The van der Waals surface area contributed by atoms with Crippen molar-refractivity contribution in [1.29, 1.82) is 0 Å². The molecule has 1 aromatic rings. The highest BCUT2D eigenvalue weighted by Gasteiger charge is 2.24. The van der Waals surface area contributed by atoms with E-state index in [1.165, 1.54) is 24.9 Å². The summed E-state index contributed by atoms with van der Waals surface area (Å²) in [7, 11) is 3.96. The molecule has 1 saturated carbocycles. The molecule has 0 saturated heterocycles. The normalized spacial score (nSPS) is 24.6. The molecule has 3 heteroatoms. The molecule has 17 heavy (non-hydrogen) atoms. The summed E-state index contributed by atoms with van der Waals surface area (Å²) in [6.45, 7) is 0. The minimum absolute atomic E-state index is 0.414. The predicted molar refractivity (Wildman–Crippen MR) is 72.3 cm³/mol. The fraction of sp³-hybridized carbons (Fsp3) is 0.571. The largest absolute Gasteiger partial charge is 0.399 e. The number of nitrogen functional groups attached to an aromatic ring is 1. The summed E-state index contributed by atoms with van der Waals surface area (Å²) in [6.07, 6.45) is 5.21. The van der Waals surface area contributed by atoms with Gasteiger partial charge in [-0.25, -0.2) is 0 Å². The molecular weight excluding hydrogens is 212 g/mol. The van der Waals surface area contributed by atoms with E-state index in [1.807, 2.05) is 25.3 Å². The SMILES string of the molecule is COC1CCCC(N(C)c2cccc(N)c2)C1. The van der Waals surface area contributed by atoms with Gasteiger partial charge in [-0.15, -0.1) is 0 Å². The first-order valence-corrected chi connectivity index (χ1v) is 6.32. The zero-order valence-electron chi connectivity index (χ0n) is 10.7. The maximum atomic E-state index is 5.83. The third-order valence-corrected chi connectivity index (χ3v) is 3.76. The maximum absolute atomic E-state index is 5.83. The average Bonchev–Trinajstić information content (AvgIpc) is 2.38. The van der Waals surface area contributed by atoms with Gasteiger partial charge in [-0.1, -0.05) is 6.07 Å². The molecule has 0 bridgehead atoms. The molecule has 2 unspecified atom stereocenters. The van der Waals surface area contributed by atoms with E-state index in [1.54, 1.807) is 0 Å². The van der Waals surface area contributed by atoms with Crippen molar-refractivity contribution >= 4 is 11.4 Å². The second kappa shape index (κ2) is 5.41. The maximum Gasteiger partial charge on any atom is 0.0591 e. The van der Waals surface area contributed by atoms with E-state index in [2.05, 4.69) is 18.0 Å². The Morgan fingerprint density at radius 1 is 1.35 bits per heavy atom. The molecule has 1 aromatic carbocycles. The number of anilines is 2. The molecule has 1 aliphatic rings. The van der Waals surface area contributed by atoms with Crippen molar-refractivity contribution in [2.75, 3.05) is 24.8 Å². The Balaban J connectivity index is 2.06. The van der Waals surface area contributed by atoms with E-state index in [0.717, 1.165) is 12.1 Å². The van der Waals surface area contributed by atoms with Crippen molar-refractivity contribution in [3.63, 3.8) is 0 Å². The molecule has 0 aliphatic heterocycles. The van der Waals surface area contributed by atoms with Crippen LogP contribution >= 0.6 is 0 Å². The Kier molecular flexibility index (Phi) is 3.89. The Morgan fingerprint density at radius 2 is 2.18 bits per heavy atom. The third kappa shape index (κ3) is 2.91. The summed E-state index contributed by atoms with van der Waals surface area (Å²) in [5, 5.41) is 0. The van der Waals surface area contributed by atoms with E-state index in [9.17, 15) is 0 Å². The van der Waals surface area contributed by atoms with Crippen LogP contribution < -0.4 is 10.6 Å². The van der Waals surface area contributed by atoms with Crippen LogP contribution in [0.3, 0.4) is 0 Å². The fourth-order valence-corrected chi connectivity index (χ4v) is 2.64. The molecule has 2 rings (SSSR count). The smallest absolute Gasteiger partial charge is 0.0591 e. The molecule has 0 aromatic heterocycles. The quantitative estimate of drug-likeness (QED) is 0.817. The van der Waals surface area contributed by atoms with Gasteiger partial charge in [0.15, 0.2) is 0 Å². The van der Waals surface area contributed by atoms with Crippen molar-refractivity contribution in [1.82, 2.24) is 0 Å². The molecule has 1 aliphatic carbocycles. The first-order valence-electron chi connectivity index (χ1n) is 6.32. The first-order chi connectivity index (χ1) is 8.20. The van der Waals surface area contributed by atoms with Gasteiger partial charge in [0, 0.05) is 31.6 Å². The van der Waals surface area contributed by atoms with E-state index >= 15 is 0 Å². The van der Waals surface area contributed by atoms with E-state index in [-0.39, 0.29) is 0 Å². The summed E-state index contributed by atoms with van der Waals surface area (Å²) in [4.78, 5) is 2.33. The minimum atomic E-state index is 0.414. The van der Waals surface area contributed by atoms with Gasteiger partial charge >= 0.3 is 0 Å². The first kappa shape index (κ1) is 12.2.